The third-order valence-electron chi connectivity index (χ3n) is 5.06. The summed E-state index contributed by atoms with van der Waals surface area (Å²) < 4.78 is 11.4. The van der Waals surface area contributed by atoms with Crippen molar-refractivity contribution in [2.24, 2.45) is 0 Å². The van der Waals surface area contributed by atoms with Crippen LogP contribution in [0, 0.1) is 13.8 Å². The molecule has 0 bridgehead atoms. The minimum Gasteiger partial charge on any atom is -0.480 e. The molecule has 28 heavy (non-hydrogen) atoms. The molecule has 0 saturated carbocycles. The molecule has 1 saturated heterocycles. The van der Waals surface area contributed by atoms with Crippen molar-refractivity contribution in [3.63, 3.8) is 0 Å². The Balaban J connectivity index is 1.55. The minimum atomic E-state index is -0.492. The number of morpholine rings is 1. The Kier molecular flexibility index (Phi) is 6.93. The van der Waals surface area contributed by atoms with E-state index in [1.807, 2.05) is 39.0 Å². The van der Waals surface area contributed by atoms with Gasteiger partial charge in [-0.2, -0.15) is 0 Å². The monoisotopic (exact) mass is 382 g/mol. The van der Waals surface area contributed by atoms with Crippen molar-refractivity contribution in [3.05, 3.63) is 59.2 Å². The molecule has 0 spiro atoms. The quantitative estimate of drug-likeness (QED) is 0.795. The van der Waals surface area contributed by atoms with E-state index in [4.69, 9.17) is 9.47 Å². The topological polar surface area (TPSA) is 50.8 Å². The van der Waals surface area contributed by atoms with Crippen molar-refractivity contribution in [2.45, 2.75) is 39.8 Å². The molecule has 2 aromatic carbocycles. The summed E-state index contributed by atoms with van der Waals surface area (Å²) >= 11 is 0. The third kappa shape index (κ3) is 5.26. The Labute approximate surface area is 167 Å². The van der Waals surface area contributed by atoms with Crippen LogP contribution in [0.15, 0.2) is 42.5 Å². The molecule has 5 nitrogen and oxygen atoms in total. The summed E-state index contributed by atoms with van der Waals surface area (Å²) in [4.78, 5) is 14.9. The highest BCUT2D eigenvalue weighted by Gasteiger charge is 2.19. The van der Waals surface area contributed by atoms with Crippen molar-refractivity contribution < 1.29 is 14.3 Å². The number of carbonyl (C=O) groups is 1. The summed E-state index contributed by atoms with van der Waals surface area (Å²) in [6, 6.07) is 14.4. The van der Waals surface area contributed by atoms with E-state index in [0.717, 1.165) is 48.7 Å². The van der Waals surface area contributed by atoms with Gasteiger partial charge in [-0.3, -0.25) is 4.79 Å². The number of ether oxygens (including phenoxy) is 2. The van der Waals surface area contributed by atoms with Crippen LogP contribution in [0.1, 0.15) is 30.0 Å². The number of rotatable bonds is 7. The van der Waals surface area contributed by atoms with Crippen LogP contribution in [-0.4, -0.2) is 38.3 Å². The largest absolute Gasteiger partial charge is 0.480 e. The van der Waals surface area contributed by atoms with Crippen LogP contribution in [0.2, 0.25) is 0 Å². The van der Waals surface area contributed by atoms with E-state index in [2.05, 4.69) is 34.5 Å². The van der Waals surface area contributed by atoms with Crippen molar-refractivity contribution in [3.8, 4) is 5.75 Å². The fraction of sp³-hybridized carbons (Fsp3) is 0.435. The van der Waals surface area contributed by atoms with Gasteiger partial charge in [0.05, 0.1) is 13.2 Å². The second-order valence-corrected chi connectivity index (χ2v) is 7.27. The fourth-order valence-corrected chi connectivity index (χ4v) is 3.26. The number of nitrogens with zero attached hydrogens (tertiary/aromatic N) is 1. The van der Waals surface area contributed by atoms with Crippen LogP contribution in [-0.2, 0) is 16.1 Å². The Bertz CT molecular complexity index is 783. The SMILES string of the molecule is CC[C@H](Oc1cc(C)ccc1C)C(=O)NCc1ccc(N2CCOCC2)cc1. The number of benzene rings is 2. The van der Waals surface area contributed by atoms with Gasteiger partial charge in [0.25, 0.3) is 5.91 Å². The van der Waals surface area contributed by atoms with Crippen LogP contribution in [0.5, 0.6) is 5.75 Å². The van der Waals surface area contributed by atoms with Gasteiger partial charge >= 0.3 is 0 Å². The number of nitrogens with one attached hydrogen (secondary N) is 1. The van der Waals surface area contributed by atoms with Crippen molar-refractivity contribution in [2.75, 3.05) is 31.2 Å². The van der Waals surface area contributed by atoms with Gasteiger partial charge in [-0.15, -0.1) is 0 Å². The van der Waals surface area contributed by atoms with Crippen LogP contribution < -0.4 is 15.0 Å². The molecule has 2 aromatic rings. The van der Waals surface area contributed by atoms with E-state index in [-0.39, 0.29) is 5.91 Å². The van der Waals surface area contributed by atoms with Crippen LogP contribution in [0.4, 0.5) is 5.69 Å². The van der Waals surface area contributed by atoms with Gasteiger partial charge < -0.3 is 19.7 Å². The molecule has 5 heteroatoms. The first kappa shape index (κ1) is 20.2. The zero-order valence-electron chi connectivity index (χ0n) is 17.0. The Morgan fingerprint density at radius 3 is 2.54 bits per heavy atom. The lowest BCUT2D eigenvalue weighted by Crippen LogP contribution is -2.37. The molecule has 1 atom stereocenters. The average Bonchev–Trinajstić information content (AvgIpc) is 2.73. The molecular formula is C23H30N2O3. The average molecular weight is 383 g/mol. The van der Waals surface area contributed by atoms with Gasteiger partial charge in [0, 0.05) is 25.3 Å². The Morgan fingerprint density at radius 1 is 1.14 bits per heavy atom. The predicted molar refractivity (Wildman–Crippen MR) is 112 cm³/mol. The lowest BCUT2D eigenvalue weighted by molar-refractivity contribution is -0.128. The molecule has 3 rings (SSSR count). The number of carbonyl (C=O) groups excluding carboxylic acids is 1. The van der Waals surface area contributed by atoms with Gasteiger partial charge in [-0.1, -0.05) is 31.2 Å². The summed E-state index contributed by atoms with van der Waals surface area (Å²) in [5.74, 6) is 0.692. The van der Waals surface area contributed by atoms with E-state index >= 15 is 0 Å². The molecule has 1 fully saturated rings. The van der Waals surface area contributed by atoms with E-state index in [9.17, 15) is 4.79 Å². The highest BCUT2D eigenvalue weighted by atomic mass is 16.5. The van der Waals surface area contributed by atoms with Gasteiger partial charge in [0.1, 0.15) is 5.75 Å². The fourth-order valence-electron chi connectivity index (χ4n) is 3.26. The first-order valence-electron chi connectivity index (χ1n) is 10.00. The highest BCUT2D eigenvalue weighted by Crippen LogP contribution is 2.21. The number of hydrogen-bond acceptors (Lipinski definition) is 4. The van der Waals surface area contributed by atoms with E-state index in [0.29, 0.717) is 13.0 Å². The maximum Gasteiger partial charge on any atom is 0.261 e. The molecule has 0 aromatic heterocycles. The van der Waals surface area contributed by atoms with Crippen molar-refractivity contribution in [1.82, 2.24) is 5.32 Å². The second kappa shape index (κ2) is 9.60. The smallest absolute Gasteiger partial charge is 0.261 e. The van der Waals surface area contributed by atoms with E-state index < -0.39 is 6.10 Å². The summed E-state index contributed by atoms with van der Waals surface area (Å²) in [6.07, 6.45) is 0.128. The molecule has 1 amide bonds. The molecule has 150 valence electrons. The number of hydrogen-bond donors (Lipinski definition) is 1. The molecule has 0 unspecified atom stereocenters. The van der Waals surface area contributed by atoms with Crippen molar-refractivity contribution in [1.29, 1.82) is 0 Å². The van der Waals surface area contributed by atoms with Crippen LogP contribution in [0.25, 0.3) is 0 Å². The molecule has 1 aliphatic heterocycles. The first-order valence-corrected chi connectivity index (χ1v) is 10.00. The molecule has 1 heterocycles. The molecule has 0 radical (unpaired) electrons. The molecule has 0 aliphatic carbocycles. The standard InChI is InChI=1S/C23H30N2O3/c1-4-21(28-22-15-17(2)5-6-18(22)3)23(26)24-16-19-7-9-20(10-8-19)25-11-13-27-14-12-25/h5-10,15,21H,4,11-14,16H2,1-3H3,(H,24,26)/t21-/m0/s1. The van der Waals surface area contributed by atoms with Gasteiger partial charge in [0.15, 0.2) is 6.10 Å². The maximum absolute atomic E-state index is 12.6. The molecule has 1 N–H and O–H groups in total. The van der Waals surface area contributed by atoms with Crippen LogP contribution >= 0.6 is 0 Å². The Hall–Kier alpha value is -2.53. The number of amides is 1. The normalized spacial score (nSPS) is 15.2. The molecular weight excluding hydrogens is 352 g/mol. The van der Waals surface area contributed by atoms with Gasteiger partial charge in [-0.05, 0) is 55.2 Å². The number of anilines is 1. The first-order chi connectivity index (χ1) is 13.6. The minimum absolute atomic E-state index is 0.0827. The second-order valence-electron chi connectivity index (χ2n) is 7.27. The highest BCUT2D eigenvalue weighted by molar-refractivity contribution is 5.81. The Morgan fingerprint density at radius 2 is 1.86 bits per heavy atom. The maximum atomic E-state index is 12.6. The number of aryl methyl sites for hydroxylation is 2. The summed E-state index contributed by atoms with van der Waals surface area (Å²) in [5.41, 5.74) is 4.43. The predicted octanol–water partition coefficient (Wildman–Crippen LogP) is 3.61. The zero-order chi connectivity index (χ0) is 19.9. The van der Waals surface area contributed by atoms with Crippen molar-refractivity contribution >= 4 is 11.6 Å². The van der Waals surface area contributed by atoms with E-state index in [1.165, 1.54) is 5.69 Å². The summed E-state index contributed by atoms with van der Waals surface area (Å²) in [5, 5.41) is 3.01. The molecule has 1 aliphatic rings. The zero-order valence-corrected chi connectivity index (χ0v) is 17.0. The van der Waals surface area contributed by atoms with E-state index in [1.54, 1.807) is 0 Å². The summed E-state index contributed by atoms with van der Waals surface area (Å²) in [7, 11) is 0. The van der Waals surface area contributed by atoms with Crippen LogP contribution in [0.3, 0.4) is 0 Å². The lowest BCUT2D eigenvalue weighted by atomic mass is 10.1. The van der Waals surface area contributed by atoms with Gasteiger partial charge in [-0.25, -0.2) is 0 Å². The third-order valence-corrected chi connectivity index (χ3v) is 5.06. The summed E-state index contributed by atoms with van der Waals surface area (Å²) in [6.45, 7) is 9.87. The lowest BCUT2D eigenvalue weighted by Gasteiger charge is -2.29. The van der Waals surface area contributed by atoms with Gasteiger partial charge in [0.2, 0.25) is 0 Å².